The van der Waals surface area contributed by atoms with Gasteiger partial charge in [0.25, 0.3) is 0 Å². The van der Waals surface area contributed by atoms with Gasteiger partial charge < -0.3 is 15.4 Å². The molecule has 0 radical (unpaired) electrons. The van der Waals surface area contributed by atoms with Gasteiger partial charge in [0.05, 0.1) is 11.1 Å². The lowest BCUT2D eigenvalue weighted by Gasteiger charge is -2.32. The lowest BCUT2D eigenvalue weighted by Crippen LogP contribution is -2.44. The number of imidazole rings is 1. The second kappa shape index (κ2) is 6.44. The third-order valence-corrected chi connectivity index (χ3v) is 4.29. The molecular formula is C16H22N4O2. The molecule has 3 N–H and O–H groups in total. The van der Waals surface area contributed by atoms with Gasteiger partial charge in [-0.3, -0.25) is 4.79 Å². The fraction of sp³-hybridized carbons (Fsp3) is 0.562. The maximum Gasteiger partial charge on any atom is 0.220 e. The Bertz CT molecular complexity index is 613. The first kappa shape index (κ1) is 15.0. The first-order valence-electron chi connectivity index (χ1n) is 7.93. The maximum atomic E-state index is 11.9. The summed E-state index contributed by atoms with van der Waals surface area (Å²) in [5, 5.41) is 13.2. The van der Waals surface area contributed by atoms with E-state index in [0.717, 1.165) is 37.0 Å². The molecule has 0 aromatic carbocycles. The number of aromatic nitrogens is 3. The third-order valence-electron chi connectivity index (χ3n) is 4.29. The van der Waals surface area contributed by atoms with Gasteiger partial charge in [-0.1, -0.05) is 19.3 Å². The molecule has 1 aliphatic carbocycles. The second-order valence-corrected chi connectivity index (χ2v) is 6.12. The van der Waals surface area contributed by atoms with Crippen molar-refractivity contribution < 1.29 is 9.90 Å². The molecule has 0 saturated heterocycles. The number of hydrogen-bond donors (Lipinski definition) is 3. The van der Waals surface area contributed by atoms with E-state index in [1.165, 1.54) is 6.42 Å². The summed E-state index contributed by atoms with van der Waals surface area (Å²) in [6, 6.07) is 3.76. The van der Waals surface area contributed by atoms with Crippen molar-refractivity contribution in [3.8, 4) is 0 Å². The van der Waals surface area contributed by atoms with Crippen LogP contribution < -0.4 is 5.32 Å². The van der Waals surface area contributed by atoms with Crippen molar-refractivity contribution >= 4 is 17.1 Å². The molecule has 22 heavy (non-hydrogen) atoms. The predicted octanol–water partition coefficient (Wildman–Crippen LogP) is 1.70. The molecule has 118 valence electrons. The van der Waals surface area contributed by atoms with Crippen LogP contribution in [0.25, 0.3) is 11.2 Å². The Kier molecular flexibility index (Phi) is 4.38. The van der Waals surface area contributed by atoms with E-state index in [2.05, 4.69) is 20.3 Å². The Balaban J connectivity index is 1.47. The number of aromatic amines is 1. The molecule has 2 aromatic rings. The molecule has 6 nitrogen and oxygen atoms in total. The number of carbonyl (C=O) groups excluding carboxylic acids is 1. The Hall–Kier alpha value is -1.95. The number of aryl methyl sites for hydroxylation is 1. The van der Waals surface area contributed by atoms with E-state index in [9.17, 15) is 9.90 Å². The lowest BCUT2D eigenvalue weighted by atomic mass is 9.85. The Morgan fingerprint density at radius 2 is 2.18 bits per heavy atom. The Labute approximate surface area is 129 Å². The first-order chi connectivity index (χ1) is 10.6. The van der Waals surface area contributed by atoms with Gasteiger partial charge in [0.15, 0.2) is 5.65 Å². The second-order valence-electron chi connectivity index (χ2n) is 6.12. The normalized spacial score (nSPS) is 17.5. The van der Waals surface area contributed by atoms with Crippen LogP contribution in [0.5, 0.6) is 0 Å². The van der Waals surface area contributed by atoms with Crippen molar-refractivity contribution in [2.45, 2.75) is 50.5 Å². The first-order valence-corrected chi connectivity index (χ1v) is 7.93. The highest BCUT2D eigenvalue weighted by Crippen LogP contribution is 2.27. The quantitative estimate of drug-likeness (QED) is 0.784. The van der Waals surface area contributed by atoms with Crippen LogP contribution in [0.3, 0.4) is 0 Å². The number of H-pyrrole nitrogens is 1. The maximum absolute atomic E-state index is 11.9. The summed E-state index contributed by atoms with van der Waals surface area (Å²) in [7, 11) is 0. The molecule has 1 amide bonds. The molecule has 2 aromatic heterocycles. The molecule has 0 atom stereocenters. The van der Waals surface area contributed by atoms with Gasteiger partial charge in [0.1, 0.15) is 5.82 Å². The van der Waals surface area contributed by atoms with Crippen molar-refractivity contribution in [3.63, 3.8) is 0 Å². The van der Waals surface area contributed by atoms with Crippen molar-refractivity contribution in [2.75, 3.05) is 6.54 Å². The zero-order chi connectivity index (χ0) is 15.4. The van der Waals surface area contributed by atoms with Gasteiger partial charge in [-0.15, -0.1) is 0 Å². The monoisotopic (exact) mass is 302 g/mol. The summed E-state index contributed by atoms with van der Waals surface area (Å²) >= 11 is 0. The molecule has 0 unspecified atom stereocenters. The molecule has 0 aliphatic heterocycles. The van der Waals surface area contributed by atoms with Gasteiger partial charge in [-0.25, -0.2) is 9.97 Å². The summed E-state index contributed by atoms with van der Waals surface area (Å²) < 4.78 is 0. The number of rotatable bonds is 5. The standard InChI is InChI=1S/C16H22N4O2/c21-14(18-11-16(22)8-2-1-3-9-16)7-6-13-19-12-5-4-10-17-15(12)20-13/h4-5,10,22H,1-3,6-9,11H2,(H,18,21)(H,17,19,20). The SMILES string of the molecule is O=C(CCc1nc2ncccc2[nH]1)NCC1(O)CCCCC1. The fourth-order valence-corrected chi connectivity index (χ4v) is 2.98. The molecule has 0 spiro atoms. The largest absolute Gasteiger partial charge is 0.388 e. The molecule has 2 heterocycles. The fourth-order valence-electron chi connectivity index (χ4n) is 2.98. The van der Waals surface area contributed by atoms with E-state index >= 15 is 0 Å². The summed E-state index contributed by atoms with van der Waals surface area (Å²) in [4.78, 5) is 23.6. The van der Waals surface area contributed by atoms with Crippen LogP contribution in [0, 0.1) is 0 Å². The van der Waals surface area contributed by atoms with E-state index in [4.69, 9.17) is 0 Å². The number of pyridine rings is 1. The van der Waals surface area contributed by atoms with Crippen LogP contribution >= 0.6 is 0 Å². The number of carbonyl (C=O) groups is 1. The minimum Gasteiger partial charge on any atom is -0.388 e. The van der Waals surface area contributed by atoms with Crippen LogP contribution in [0.1, 0.15) is 44.3 Å². The minimum absolute atomic E-state index is 0.0487. The summed E-state index contributed by atoms with van der Waals surface area (Å²) in [5.41, 5.74) is 0.848. The van der Waals surface area contributed by atoms with Gasteiger partial charge in [-0.2, -0.15) is 0 Å². The third kappa shape index (κ3) is 3.62. The smallest absolute Gasteiger partial charge is 0.220 e. The average Bonchev–Trinajstić information content (AvgIpc) is 2.95. The van der Waals surface area contributed by atoms with E-state index in [1.54, 1.807) is 6.20 Å². The molecular weight excluding hydrogens is 280 g/mol. The highest BCUT2D eigenvalue weighted by molar-refractivity contribution is 5.76. The summed E-state index contributed by atoms with van der Waals surface area (Å²) in [5.74, 6) is 0.715. The molecule has 0 bridgehead atoms. The van der Waals surface area contributed by atoms with Gasteiger partial charge in [0, 0.05) is 25.6 Å². The van der Waals surface area contributed by atoms with Gasteiger partial charge in [-0.05, 0) is 25.0 Å². The Morgan fingerprint density at radius 3 is 2.95 bits per heavy atom. The molecule has 3 rings (SSSR count). The average molecular weight is 302 g/mol. The highest BCUT2D eigenvalue weighted by atomic mass is 16.3. The van der Waals surface area contributed by atoms with Crippen molar-refractivity contribution in [1.82, 2.24) is 20.3 Å². The van der Waals surface area contributed by atoms with E-state index in [-0.39, 0.29) is 5.91 Å². The Morgan fingerprint density at radius 1 is 1.36 bits per heavy atom. The molecule has 1 fully saturated rings. The van der Waals surface area contributed by atoms with Crippen LogP contribution in [0.4, 0.5) is 0 Å². The van der Waals surface area contributed by atoms with Crippen LogP contribution in [-0.4, -0.2) is 38.1 Å². The van der Waals surface area contributed by atoms with Crippen molar-refractivity contribution in [3.05, 3.63) is 24.2 Å². The minimum atomic E-state index is -0.711. The van der Waals surface area contributed by atoms with E-state index in [0.29, 0.717) is 25.0 Å². The van der Waals surface area contributed by atoms with Crippen LogP contribution in [-0.2, 0) is 11.2 Å². The molecule has 6 heteroatoms. The van der Waals surface area contributed by atoms with Crippen LogP contribution in [0.2, 0.25) is 0 Å². The van der Waals surface area contributed by atoms with Gasteiger partial charge >= 0.3 is 0 Å². The summed E-state index contributed by atoms with van der Waals surface area (Å²) in [6.45, 7) is 0.355. The zero-order valence-corrected chi connectivity index (χ0v) is 12.6. The number of aliphatic hydroxyl groups is 1. The van der Waals surface area contributed by atoms with E-state index in [1.807, 2.05) is 12.1 Å². The molecule has 1 saturated carbocycles. The number of hydrogen-bond acceptors (Lipinski definition) is 4. The van der Waals surface area contributed by atoms with E-state index < -0.39 is 5.60 Å². The number of nitrogens with one attached hydrogen (secondary N) is 2. The van der Waals surface area contributed by atoms with Gasteiger partial charge in [0.2, 0.25) is 5.91 Å². The summed E-state index contributed by atoms with van der Waals surface area (Å²) in [6.07, 6.45) is 7.42. The zero-order valence-electron chi connectivity index (χ0n) is 12.6. The van der Waals surface area contributed by atoms with Crippen molar-refractivity contribution in [2.24, 2.45) is 0 Å². The number of nitrogens with zero attached hydrogens (tertiary/aromatic N) is 2. The lowest BCUT2D eigenvalue weighted by molar-refractivity contribution is -0.122. The number of amides is 1. The highest BCUT2D eigenvalue weighted by Gasteiger charge is 2.29. The van der Waals surface area contributed by atoms with Crippen LogP contribution in [0.15, 0.2) is 18.3 Å². The number of fused-ring (bicyclic) bond motifs is 1. The molecule has 1 aliphatic rings. The predicted molar refractivity (Wildman–Crippen MR) is 83.3 cm³/mol. The topological polar surface area (TPSA) is 90.9 Å². The van der Waals surface area contributed by atoms with Crippen molar-refractivity contribution in [1.29, 1.82) is 0 Å².